The summed E-state index contributed by atoms with van der Waals surface area (Å²) in [6, 6.07) is 6.85. The third-order valence-electron chi connectivity index (χ3n) is 2.90. The van der Waals surface area contributed by atoms with E-state index in [0.717, 1.165) is 12.1 Å². The zero-order valence-electron chi connectivity index (χ0n) is 11.3. The minimum atomic E-state index is -0.918. The van der Waals surface area contributed by atoms with E-state index in [4.69, 9.17) is 26.8 Å². The van der Waals surface area contributed by atoms with Crippen LogP contribution in [0.1, 0.15) is 11.1 Å². The molecule has 2 aromatic rings. The van der Waals surface area contributed by atoms with E-state index >= 15 is 0 Å². The zero-order chi connectivity index (χ0) is 15.4. The number of methoxy groups -OCH3 is 1. The van der Waals surface area contributed by atoms with Gasteiger partial charge in [0.05, 0.1) is 7.11 Å². The molecule has 0 saturated carbocycles. The highest BCUT2D eigenvalue weighted by Crippen LogP contribution is 2.35. The lowest BCUT2D eigenvalue weighted by Gasteiger charge is -2.15. The Bertz CT molecular complexity index is 625. The Hall–Kier alpha value is -1.85. The molecule has 0 aliphatic rings. The smallest absolute Gasteiger partial charge is 0.166 e. The lowest BCUT2D eigenvalue weighted by atomic mass is 10.1. The van der Waals surface area contributed by atoms with E-state index in [1.54, 1.807) is 12.1 Å². The Kier molecular flexibility index (Phi) is 4.98. The monoisotopic (exact) mass is 313 g/mol. The number of hydrogen-bond acceptors (Lipinski definition) is 3. The van der Waals surface area contributed by atoms with Gasteiger partial charge in [-0.25, -0.2) is 8.78 Å². The molecule has 0 saturated heterocycles. The molecule has 2 aromatic carbocycles. The van der Waals surface area contributed by atoms with Crippen molar-refractivity contribution in [2.24, 2.45) is 5.73 Å². The summed E-state index contributed by atoms with van der Waals surface area (Å²) in [5.74, 6) is -0.941. The van der Waals surface area contributed by atoms with E-state index in [1.165, 1.54) is 13.2 Å². The molecule has 21 heavy (non-hydrogen) atoms. The standard InChI is InChI=1S/C15H14ClF2NO2/c1-20-14-6-11(16)5-10(7-19)15(14)21-8-9-2-3-12(17)13(18)4-9/h2-6H,7-8,19H2,1H3. The summed E-state index contributed by atoms with van der Waals surface area (Å²) in [5.41, 5.74) is 6.82. The molecular formula is C15H14ClF2NO2. The number of ether oxygens (including phenoxy) is 2. The van der Waals surface area contributed by atoms with Crippen LogP contribution in [0.5, 0.6) is 11.5 Å². The number of rotatable bonds is 5. The summed E-state index contributed by atoms with van der Waals surface area (Å²) in [7, 11) is 1.48. The third kappa shape index (κ3) is 3.62. The van der Waals surface area contributed by atoms with Gasteiger partial charge in [-0.05, 0) is 23.8 Å². The Morgan fingerprint density at radius 2 is 1.90 bits per heavy atom. The van der Waals surface area contributed by atoms with Gasteiger partial charge in [0.1, 0.15) is 6.61 Å². The average Bonchev–Trinajstić information content (AvgIpc) is 2.48. The molecule has 0 unspecified atom stereocenters. The van der Waals surface area contributed by atoms with Crippen LogP contribution in [0.25, 0.3) is 0 Å². The van der Waals surface area contributed by atoms with Crippen molar-refractivity contribution in [1.29, 1.82) is 0 Å². The number of hydrogen-bond donors (Lipinski definition) is 1. The fourth-order valence-electron chi connectivity index (χ4n) is 1.87. The fourth-order valence-corrected chi connectivity index (χ4v) is 2.11. The topological polar surface area (TPSA) is 44.5 Å². The Morgan fingerprint density at radius 3 is 2.52 bits per heavy atom. The van der Waals surface area contributed by atoms with Crippen LogP contribution in [0.2, 0.25) is 5.02 Å². The second kappa shape index (κ2) is 6.74. The van der Waals surface area contributed by atoms with Crippen molar-refractivity contribution >= 4 is 11.6 Å². The Balaban J connectivity index is 2.24. The summed E-state index contributed by atoms with van der Waals surface area (Å²) in [4.78, 5) is 0. The molecule has 0 fully saturated rings. The molecule has 0 atom stereocenters. The van der Waals surface area contributed by atoms with E-state index in [0.29, 0.717) is 27.6 Å². The van der Waals surface area contributed by atoms with Crippen molar-refractivity contribution in [3.63, 3.8) is 0 Å². The van der Waals surface area contributed by atoms with Gasteiger partial charge in [0.2, 0.25) is 0 Å². The first-order valence-corrected chi connectivity index (χ1v) is 6.56. The van der Waals surface area contributed by atoms with Crippen LogP contribution < -0.4 is 15.2 Å². The summed E-state index contributed by atoms with van der Waals surface area (Å²) in [6.07, 6.45) is 0. The molecule has 0 radical (unpaired) electrons. The van der Waals surface area contributed by atoms with Crippen LogP contribution in [0.15, 0.2) is 30.3 Å². The quantitative estimate of drug-likeness (QED) is 0.916. The van der Waals surface area contributed by atoms with Crippen LogP contribution in [0, 0.1) is 11.6 Å². The average molecular weight is 314 g/mol. The van der Waals surface area contributed by atoms with Gasteiger partial charge in [-0.1, -0.05) is 17.7 Å². The Labute approximate surface area is 126 Å². The molecule has 0 aromatic heterocycles. The second-order valence-corrected chi connectivity index (χ2v) is 4.77. The maximum Gasteiger partial charge on any atom is 0.166 e. The van der Waals surface area contributed by atoms with Crippen molar-refractivity contribution < 1.29 is 18.3 Å². The lowest BCUT2D eigenvalue weighted by Crippen LogP contribution is -2.05. The largest absolute Gasteiger partial charge is 0.493 e. The van der Waals surface area contributed by atoms with Gasteiger partial charge in [0, 0.05) is 23.2 Å². The highest BCUT2D eigenvalue weighted by atomic mass is 35.5. The molecule has 0 aliphatic carbocycles. The number of benzene rings is 2. The van der Waals surface area contributed by atoms with Gasteiger partial charge in [0.15, 0.2) is 23.1 Å². The summed E-state index contributed by atoms with van der Waals surface area (Å²) in [5, 5.41) is 0.479. The third-order valence-corrected chi connectivity index (χ3v) is 3.12. The van der Waals surface area contributed by atoms with Gasteiger partial charge in [-0.3, -0.25) is 0 Å². The van der Waals surface area contributed by atoms with Crippen molar-refractivity contribution in [3.05, 3.63) is 58.1 Å². The van der Waals surface area contributed by atoms with Crippen molar-refractivity contribution in [2.75, 3.05) is 7.11 Å². The minimum absolute atomic E-state index is 0.0577. The van der Waals surface area contributed by atoms with E-state index in [2.05, 4.69) is 0 Å². The van der Waals surface area contributed by atoms with E-state index in [-0.39, 0.29) is 13.2 Å². The van der Waals surface area contributed by atoms with Crippen LogP contribution in [-0.2, 0) is 13.2 Å². The number of nitrogens with two attached hydrogens (primary N) is 1. The summed E-state index contributed by atoms with van der Waals surface area (Å²) in [6.45, 7) is 0.270. The summed E-state index contributed by atoms with van der Waals surface area (Å²) >= 11 is 5.95. The first-order valence-electron chi connectivity index (χ1n) is 6.18. The van der Waals surface area contributed by atoms with Crippen LogP contribution in [0.3, 0.4) is 0 Å². The maximum atomic E-state index is 13.2. The lowest BCUT2D eigenvalue weighted by molar-refractivity contribution is 0.280. The van der Waals surface area contributed by atoms with E-state index in [9.17, 15) is 8.78 Å². The van der Waals surface area contributed by atoms with Crippen LogP contribution >= 0.6 is 11.6 Å². The van der Waals surface area contributed by atoms with Gasteiger partial charge in [0.25, 0.3) is 0 Å². The van der Waals surface area contributed by atoms with Gasteiger partial charge in [-0.15, -0.1) is 0 Å². The predicted octanol–water partition coefficient (Wildman–Crippen LogP) is 3.66. The molecule has 3 nitrogen and oxygen atoms in total. The van der Waals surface area contributed by atoms with Crippen molar-refractivity contribution in [3.8, 4) is 11.5 Å². The van der Waals surface area contributed by atoms with Gasteiger partial charge >= 0.3 is 0 Å². The molecular weight excluding hydrogens is 300 g/mol. The van der Waals surface area contributed by atoms with Gasteiger partial charge in [-0.2, -0.15) is 0 Å². The zero-order valence-corrected chi connectivity index (χ0v) is 12.1. The first kappa shape index (κ1) is 15.5. The van der Waals surface area contributed by atoms with Crippen LogP contribution in [0.4, 0.5) is 8.78 Å². The SMILES string of the molecule is COc1cc(Cl)cc(CN)c1OCc1ccc(F)c(F)c1. The maximum absolute atomic E-state index is 13.2. The molecule has 0 heterocycles. The molecule has 2 rings (SSSR count). The molecule has 0 aliphatic heterocycles. The van der Waals surface area contributed by atoms with Crippen molar-refractivity contribution in [2.45, 2.75) is 13.2 Å². The molecule has 6 heteroatoms. The predicted molar refractivity (Wildman–Crippen MR) is 76.6 cm³/mol. The van der Waals surface area contributed by atoms with E-state index < -0.39 is 11.6 Å². The first-order chi connectivity index (χ1) is 10.0. The summed E-state index contributed by atoms with van der Waals surface area (Å²) < 4.78 is 36.9. The molecule has 0 spiro atoms. The van der Waals surface area contributed by atoms with Crippen molar-refractivity contribution in [1.82, 2.24) is 0 Å². The van der Waals surface area contributed by atoms with Gasteiger partial charge < -0.3 is 15.2 Å². The highest BCUT2D eigenvalue weighted by molar-refractivity contribution is 6.30. The van der Waals surface area contributed by atoms with Crippen LogP contribution in [-0.4, -0.2) is 7.11 Å². The highest BCUT2D eigenvalue weighted by Gasteiger charge is 2.12. The fraction of sp³-hybridized carbons (Fsp3) is 0.200. The molecule has 112 valence electrons. The minimum Gasteiger partial charge on any atom is -0.493 e. The Morgan fingerprint density at radius 1 is 1.14 bits per heavy atom. The normalized spacial score (nSPS) is 10.5. The molecule has 0 amide bonds. The molecule has 2 N–H and O–H groups in total. The number of halogens is 3. The molecule has 0 bridgehead atoms. The van der Waals surface area contributed by atoms with E-state index in [1.807, 2.05) is 0 Å². The second-order valence-electron chi connectivity index (χ2n) is 4.34.